The van der Waals surface area contributed by atoms with E-state index >= 15 is 0 Å². The lowest BCUT2D eigenvalue weighted by atomic mass is 9.96. The monoisotopic (exact) mass is 254 g/mol. The highest BCUT2D eigenvalue weighted by Crippen LogP contribution is 2.29. The van der Waals surface area contributed by atoms with Gasteiger partial charge in [0.25, 0.3) is 0 Å². The Bertz CT molecular complexity index is 366. The van der Waals surface area contributed by atoms with Crippen LogP contribution in [0.3, 0.4) is 0 Å². The smallest absolute Gasteiger partial charge is 0.126 e. The summed E-state index contributed by atoms with van der Waals surface area (Å²) in [5.41, 5.74) is 0.534. The molecule has 0 bridgehead atoms. The zero-order chi connectivity index (χ0) is 13.0. The maximum atomic E-state index is 13.0. The van der Waals surface area contributed by atoms with Crippen molar-refractivity contribution >= 4 is 0 Å². The third-order valence-corrected chi connectivity index (χ3v) is 3.78. The second-order valence-electron chi connectivity index (χ2n) is 5.36. The van der Waals surface area contributed by atoms with Gasteiger partial charge in [-0.2, -0.15) is 0 Å². The second-order valence-corrected chi connectivity index (χ2v) is 5.36. The summed E-state index contributed by atoms with van der Waals surface area (Å²) in [6.45, 7) is 0. The molecule has 1 aliphatic rings. The Kier molecular flexibility index (Phi) is 4.70. The molecule has 0 saturated heterocycles. The molecule has 0 heterocycles. The van der Waals surface area contributed by atoms with Gasteiger partial charge in [0.1, 0.15) is 11.6 Å². The number of aliphatic hydroxyl groups excluding tert-OH is 1. The summed E-state index contributed by atoms with van der Waals surface area (Å²) in [6, 6.07) is 3.44. The molecular weight excluding hydrogens is 234 g/mol. The Labute approximate surface area is 107 Å². The summed E-state index contributed by atoms with van der Waals surface area (Å²) in [5, 5.41) is 9.90. The number of hydrogen-bond acceptors (Lipinski definition) is 1. The van der Waals surface area contributed by atoms with E-state index in [0.29, 0.717) is 12.0 Å². The van der Waals surface area contributed by atoms with Crippen LogP contribution in [0.25, 0.3) is 0 Å². The largest absolute Gasteiger partial charge is 0.393 e. The molecule has 1 saturated carbocycles. The lowest BCUT2D eigenvalue weighted by Gasteiger charge is -2.14. The summed E-state index contributed by atoms with van der Waals surface area (Å²) in [5.74, 6) is -0.412. The van der Waals surface area contributed by atoms with Crippen molar-refractivity contribution in [1.82, 2.24) is 0 Å². The average Bonchev–Trinajstić information content (AvgIpc) is 2.77. The third kappa shape index (κ3) is 4.05. The average molecular weight is 254 g/mol. The third-order valence-electron chi connectivity index (χ3n) is 3.78. The molecule has 0 aliphatic heterocycles. The van der Waals surface area contributed by atoms with Crippen LogP contribution in [-0.2, 0) is 6.42 Å². The number of rotatable bonds is 5. The first kappa shape index (κ1) is 13.5. The minimum absolute atomic E-state index is 0.335. The van der Waals surface area contributed by atoms with E-state index in [-0.39, 0.29) is 0 Å². The molecule has 18 heavy (non-hydrogen) atoms. The van der Waals surface area contributed by atoms with E-state index in [1.54, 1.807) is 0 Å². The van der Waals surface area contributed by atoms with Gasteiger partial charge in [0.2, 0.25) is 0 Å². The molecule has 1 fully saturated rings. The molecule has 1 aromatic rings. The summed E-state index contributed by atoms with van der Waals surface area (Å²) >= 11 is 0. The highest BCUT2D eigenvalue weighted by atomic mass is 19.1. The van der Waals surface area contributed by atoms with Crippen molar-refractivity contribution in [2.45, 2.75) is 51.0 Å². The van der Waals surface area contributed by atoms with Gasteiger partial charge in [0.05, 0.1) is 6.10 Å². The van der Waals surface area contributed by atoms with Gasteiger partial charge in [-0.15, -0.1) is 0 Å². The molecule has 1 atom stereocenters. The van der Waals surface area contributed by atoms with Crippen molar-refractivity contribution in [1.29, 1.82) is 0 Å². The summed E-state index contributed by atoms with van der Waals surface area (Å²) in [4.78, 5) is 0. The van der Waals surface area contributed by atoms with Gasteiger partial charge in [0.15, 0.2) is 0 Å². The lowest BCUT2D eigenvalue weighted by Crippen LogP contribution is -2.12. The minimum atomic E-state index is -0.576. The maximum Gasteiger partial charge on any atom is 0.126 e. The first-order valence-corrected chi connectivity index (χ1v) is 6.76. The van der Waals surface area contributed by atoms with Gasteiger partial charge < -0.3 is 5.11 Å². The number of halogens is 2. The SMILES string of the molecule is OC(CCC1CCCC1)Cc1cc(F)cc(F)c1. The number of aliphatic hydroxyl groups is 1. The fourth-order valence-electron chi connectivity index (χ4n) is 2.83. The molecule has 0 aromatic heterocycles. The first-order chi connectivity index (χ1) is 8.63. The highest BCUT2D eigenvalue weighted by molar-refractivity contribution is 5.18. The van der Waals surface area contributed by atoms with Gasteiger partial charge in [-0.25, -0.2) is 8.78 Å². The normalized spacial score (nSPS) is 18.2. The van der Waals surface area contributed by atoms with Crippen LogP contribution in [0, 0.1) is 17.6 Å². The van der Waals surface area contributed by atoms with Crippen LogP contribution in [-0.4, -0.2) is 11.2 Å². The number of benzene rings is 1. The summed E-state index contributed by atoms with van der Waals surface area (Å²) in [7, 11) is 0. The molecule has 2 rings (SSSR count). The van der Waals surface area contributed by atoms with Gasteiger partial charge in [-0.05, 0) is 42.9 Å². The second kappa shape index (κ2) is 6.28. The molecule has 1 N–H and O–H groups in total. The van der Waals surface area contributed by atoms with Crippen LogP contribution in [0.4, 0.5) is 8.78 Å². The Morgan fingerprint density at radius 2 is 1.72 bits per heavy atom. The van der Waals surface area contributed by atoms with Crippen molar-refractivity contribution in [3.8, 4) is 0 Å². The Hall–Kier alpha value is -0.960. The van der Waals surface area contributed by atoms with Crippen molar-refractivity contribution in [2.75, 3.05) is 0 Å². The standard InChI is InChI=1S/C15H20F2O/c16-13-7-12(8-14(17)10-13)9-15(18)6-5-11-3-1-2-4-11/h7-8,10-11,15,18H,1-6,9H2. The van der Waals surface area contributed by atoms with E-state index in [0.717, 1.165) is 24.8 Å². The van der Waals surface area contributed by atoms with E-state index in [1.807, 2.05) is 0 Å². The van der Waals surface area contributed by atoms with Crippen LogP contribution in [0.15, 0.2) is 18.2 Å². The predicted molar refractivity (Wildman–Crippen MR) is 67.3 cm³/mol. The fraction of sp³-hybridized carbons (Fsp3) is 0.600. The maximum absolute atomic E-state index is 13.0. The minimum Gasteiger partial charge on any atom is -0.393 e. The van der Waals surface area contributed by atoms with E-state index in [1.165, 1.54) is 37.8 Å². The van der Waals surface area contributed by atoms with Crippen molar-refractivity contribution in [2.24, 2.45) is 5.92 Å². The molecule has 0 amide bonds. The van der Waals surface area contributed by atoms with Crippen molar-refractivity contribution in [3.63, 3.8) is 0 Å². The molecule has 100 valence electrons. The van der Waals surface area contributed by atoms with Crippen LogP contribution >= 0.6 is 0 Å². The van der Waals surface area contributed by atoms with E-state index in [4.69, 9.17) is 0 Å². The molecule has 3 heteroatoms. The van der Waals surface area contributed by atoms with Crippen LogP contribution in [0.1, 0.15) is 44.1 Å². The molecule has 1 aromatic carbocycles. The molecule has 1 unspecified atom stereocenters. The van der Waals surface area contributed by atoms with E-state index in [2.05, 4.69) is 0 Å². The van der Waals surface area contributed by atoms with Gasteiger partial charge >= 0.3 is 0 Å². The molecule has 0 radical (unpaired) electrons. The molecular formula is C15H20F2O. The fourth-order valence-corrected chi connectivity index (χ4v) is 2.83. The molecule has 1 aliphatic carbocycles. The van der Waals surface area contributed by atoms with E-state index < -0.39 is 17.7 Å². The Morgan fingerprint density at radius 3 is 2.33 bits per heavy atom. The van der Waals surface area contributed by atoms with Crippen LogP contribution in [0.2, 0.25) is 0 Å². The van der Waals surface area contributed by atoms with E-state index in [9.17, 15) is 13.9 Å². The van der Waals surface area contributed by atoms with Crippen molar-refractivity contribution in [3.05, 3.63) is 35.4 Å². The number of hydrogen-bond donors (Lipinski definition) is 1. The zero-order valence-corrected chi connectivity index (χ0v) is 10.5. The first-order valence-electron chi connectivity index (χ1n) is 6.76. The highest BCUT2D eigenvalue weighted by Gasteiger charge is 2.16. The van der Waals surface area contributed by atoms with Gasteiger partial charge in [0, 0.05) is 6.07 Å². The molecule has 0 spiro atoms. The van der Waals surface area contributed by atoms with Gasteiger partial charge in [-0.3, -0.25) is 0 Å². The topological polar surface area (TPSA) is 20.2 Å². The Balaban J connectivity index is 1.80. The lowest BCUT2D eigenvalue weighted by molar-refractivity contribution is 0.154. The quantitative estimate of drug-likeness (QED) is 0.846. The summed E-state index contributed by atoms with van der Waals surface area (Å²) in [6.07, 6.45) is 6.73. The van der Waals surface area contributed by atoms with Gasteiger partial charge in [-0.1, -0.05) is 25.7 Å². The summed E-state index contributed by atoms with van der Waals surface area (Å²) < 4.78 is 26.0. The Morgan fingerprint density at radius 1 is 1.11 bits per heavy atom. The molecule has 1 nitrogen and oxygen atoms in total. The van der Waals surface area contributed by atoms with Crippen LogP contribution in [0.5, 0.6) is 0 Å². The zero-order valence-electron chi connectivity index (χ0n) is 10.5. The predicted octanol–water partition coefficient (Wildman–Crippen LogP) is 3.84. The van der Waals surface area contributed by atoms with Crippen LogP contribution < -0.4 is 0 Å². The van der Waals surface area contributed by atoms with Crippen molar-refractivity contribution < 1.29 is 13.9 Å².